The first-order chi connectivity index (χ1) is 4.32. The highest BCUT2D eigenvalue weighted by Crippen LogP contribution is 2.59. The fourth-order valence-electron chi connectivity index (χ4n) is 1.11. The van der Waals surface area contributed by atoms with Crippen molar-refractivity contribution in [2.24, 2.45) is 11.3 Å². The van der Waals surface area contributed by atoms with Crippen LogP contribution in [0.5, 0.6) is 0 Å². The molecule has 0 saturated heterocycles. The van der Waals surface area contributed by atoms with Crippen LogP contribution in [-0.2, 0) is 4.79 Å². The van der Waals surface area contributed by atoms with Gasteiger partial charge in [-0.3, -0.25) is 4.79 Å². The Morgan fingerprint density at radius 1 is 1.40 bits per heavy atom. The van der Waals surface area contributed by atoms with E-state index < -0.39 is 3.23 Å². The van der Waals surface area contributed by atoms with Crippen LogP contribution in [0.4, 0.5) is 0 Å². The van der Waals surface area contributed by atoms with Crippen LogP contribution in [0.15, 0.2) is 0 Å². The van der Waals surface area contributed by atoms with Crippen LogP contribution in [0, 0.1) is 11.3 Å². The first-order valence-electron chi connectivity index (χ1n) is 3.24. The number of Topliss-reactive ketones (excluding diaryl/α,β-unsaturated/α-hetero) is 1. The smallest absolute Gasteiger partial charge is 0.164 e. The van der Waals surface area contributed by atoms with Gasteiger partial charge in [-0.05, 0) is 0 Å². The summed E-state index contributed by atoms with van der Waals surface area (Å²) >= 11 is 6.72. The van der Waals surface area contributed by atoms with Crippen molar-refractivity contribution < 1.29 is 4.79 Å². The molecule has 1 fully saturated rings. The maximum Gasteiger partial charge on any atom is 0.164 e. The molecule has 0 bridgehead atoms. The van der Waals surface area contributed by atoms with E-state index in [1.165, 1.54) is 0 Å². The zero-order chi connectivity index (χ0) is 8.15. The molecule has 0 aromatic heterocycles. The molecule has 1 atom stereocenters. The van der Waals surface area contributed by atoms with Gasteiger partial charge in [-0.25, -0.2) is 0 Å². The molecule has 0 aromatic carbocycles. The SMILES string of the molecule is CC1C(=O)C(Br)(Br)C1(C)C. The van der Waals surface area contributed by atoms with Gasteiger partial charge in [0.1, 0.15) is 3.23 Å². The lowest BCUT2D eigenvalue weighted by atomic mass is 9.62. The van der Waals surface area contributed by atoms with E-state index in [2.05, 4.69) is 45.7 Å². The second-order valence-electron chi connectivity index (χ2n) is 3.38. The number of ketones is 1. The van der Waals surface area contributed by atoms with Gasteiger partial charge < -0.3 is 0 Å². The Morgan fingerprint density at radius 2 is 1.80 bits per heavy atom. The number of halogens is 2. The van der Waals surface area contributed by atoms with Crippen molar-refractivity contribution in [3.8, 4) is 0 Å². The molecule has 0 radical (unpaired) electrons. The van der Waals surface area contributed by atoms with Crippen LogP contribution < -0.4 is 0 Å². The van der Waals surface area contributed by atoms with Gasteiger partial charge in [0, 0.05) is 11.3 Å². The highest BCUT2D eigenvalue weighted by Gasteiger charge is 2.62. The molecule has 0 spiro atoms. The quantitative estimate of drug-likeness (QED) is 0.618. The number of rotatable bonds is 0. The lowest BCUT2D eigenvalue weighted by molar-refractivity contribution is -0.138. The molecule has 1 aliphatic carbocycles. The summed E-state index contributed by atoms with van der Waals surface area (Å²) in [6.07, 6.45) is 0. The van der Waals surface area contributed by atoms with E-state index in [0.717, 1.165) is 0 Å². The van der Waals surface area contributed by atoms with Gasteiger partial charge in [0.05, 0.1) is 0 Å². The molecule has 1 aliphatic rings. The van der Waals surface area contributed by atoms with Crippen LogP contribution in [0.1, 0.15) is 20.8 Å². The van der Waals surface area contributed by atoms with E-state index >= 15 is 0 Å². The summed E-state index contributed by atoms with van der Waals surface area (Å²) in [6, 6.07) is 0. The predicted octanol–water partition coefficient (Wildman–Crippen LogP) is 2.72. The van der Waals surface area contributed by atoms with E-state index in [-0.39, 0.29) is 17.1 Å². The maximum absolute atomic E-state index is 11.2. The Hall–Kier alpha value is 0.630. The van der Waals surface area contributed by atoms with Gasteiger partial charge in [-0.1, -0.05) is 52.6 Å². The average molecular weight is 270 g/mol. The van der Waals surface area contributed by atoms with Crippen LogP contribution >= 0.6 is 31.9 Å². The molecule has 0 N–H and O–H groups in total. The molecule has 1 saturated carbocycles. The van der Waals surface area contributed by atoms with Gasteiger partial charge in [0.15, 0.2) is 5.78 Å². The molecule has 1 nitrogen and oxygen atoms in total. The minimum Gasteiger partial charge on any atom is -0.297 e. The minimum atomic E-state index is -0.466. The number of carbonyl (C=O) groups excluding carboxylic acids is 1. The predicted molar refractivity (Wildman–Crippen MR) is 48.5 cm³/mol. The van der Waals surface area contributed by atoms with E-state index in [4.69, 9.17) is 0 Å². The summed E-state index contributed by atoms with van der Waals surface area (Å²) in [5.74, 6) is 0.406. The molecule has 0 aromatic rings. The van der Waals surface area contributed by atoms with E-state index in [1.54, 1.807) is 0 Å². The van der Waals surface area contributed by atoms with Crippen molar-refractivity contribution in [1.29, 1.82) is 0 Å². The van der Waals surface area contributed by atoms with Gasteiger partial charge in [-0.2, -0.15) is 0 Å². The Bertz CT molecular complexity index is 184. The highest BCUT2D eigenvalue weighted by atomic mass is 79.9. The summed E-state index contributed by atoms with van der Waals surface area (Å²) in [6.45, 7) is 6.11. The van der Waals surface area contributed by atoms with Crippen LogP contribution in [0.3, 0.4) is 0 Å². The Labute approximate surface area is 77.8 Å². The fraction of sp³-hybridized carbons (Fsp3) is 0.857. The second kappa shape index (κ2) is 2.07. The Morgan fingerprint density at radius 3 is 1.90 bits per heavy atom. The average Bonchev–Trinajstić information content (AvgIpc) is 1.84. The summed E-state index contributed by atoms with van der Waals surface area (Å²) in [5, 5.41) is 0. The lowest BCUT2D eigenvalue weighted by Gasteiger charge is -2.52. The van der Waals surface area contributed by atoms with Gasteiger partial charge in [0.2, 0.25) is 0 Å². The molecule has 10 heavy (non-hydrogen) atoms. The number of alkyl halides is 2. The monoisotopic (exact) mass is 268 g/mol. The van der Waals surface area contributed by atoms with E-state index in [9.17, 15) is 4.79 Å². The molecule has 3 heteroatoms. The van der Waals surface area contributed by atoms with Crippen molar-refractivity contribution >= 4 is 37.6 Å². The van der Waals surface area contributed by atoms with Crippen molar-refractivity contribution in [3.05, 3.63) is 0 Å². The third-order valence-electron chi connectivity index (χ3n) is 2.59. The summed E-state index contributed by atoms with van der Waals surface area (Å²) < 4.78 is -0.466. The molecule has 58 valence electrons. The van der Waals surface area contributed by atoms with E-state index in [1.807, 2.05) is 6.92 Å². The molecule has 0 aliphatic heterocycles. The van der Waals surface area contributed by atoms with Gasteiger partial charge in [0.25, 0.3) is 0 Å². The zero-order valence-electron chi connectivity index (χ0n) is 6.24. The number of hydrogen-bond donors (Lipinski definition) is 0. The molecule has 1 unspecified atom stereocenters. The summed E-state index contributed by atoms with van der Waals surface area (Å²) in [5.41, 5.74) is 0.0318. The minimum absolute atomic E-state index is 0.0318. The molecule has 1 rings (SSSR count). The van der Waals surface area contributed by atoms with Crippen LogP contribution in [-0.4, -0.2) is 9.02 Å². The normalized spacial score (nSPS) is 35.3. The zero-order valence-corrected chi connectivity index (χ0v) is 9.41. The standard InChI is InChI=1S/C7H10Br2O/c1-4-5(10)7(8,9)6(4,2)3/h4H,1-3H3. The van der Waals surface area contributed by atoms with Crippen molar-refractivity contribution in [2.45, 2.75) is 24.0 Å². The van der Waals surface area contributed by atoms with Crippen molar-refractivity contribution in [3.63, 3.8) is 0 Å². The van der Waals surface area contributed by atoms with Gasteiger partial charge in [-0.15, -0.1) is 0 Å². The highest BCUT2D eigenvalue weighted by molar-refractivity contribution is 9.26. The molecule has 0 heterocycles. The Kier molecular flexibility index (Phi) is 1.80. The third kappa shape index (κ3) is 0.765. The number of hydrogen-bond acceptors (Lipinski definition) is 1. The third-order valence-corrected chi connectivity index (χ3v) is 5.42. The van der Waals surface area contributed by atoms with Crippen LogP contribution in [0.25, 0.3) is 0 Å². The lowest BCUT2D eigenvalue weighted by Crippen LogP contribution is -2.60. The molecular formula is C7H10Br2O. The first kappa shape index (κ1) is 8.72. The maximum atomic E-state index is 11.2. The largest absolute Gasteiger partial charge is 0.297 e. The number of carbonyl (C=O) groups is 1. The fourth-order valence-corrected chi connectivity index (χ4v) is 2.48. The van der Waals surface area contributed by atoms with Gasteiger partial charge >= 0.3 is 0 Å². The van der Waals surface area contributed by atoms with Crippen molar-refractivity contribution in [2.75, 3.05) is 0 Å². The summed E-state index contributed by atoms with van der Waals surface area (Å²) in [4.78, 5) is 11.2. The first-order valence-corrected chi connectivity index (χ1v) is 4.82. The van der Waals surface area contributed by atoms with E-state index in [0.29, 0.717) is 0 Å². The Balaban J connectivity index is 2.92. The van der Waals surface area contributed by atoms with Crippen molar-refractivity contribution in [1.82, 2.24) is 0 Å². The molecule has 0 amide bonds. The second-order valence-corrected chi connectivity index (χ2v) is 6.83. The topological polar surface area (TPSA) is 17.1 Å². The molecular weight excluding hydrogens is 260 g/mol. The summed E-state index contributed by atoms with van der Waals surface area (Å²) in [7, 11) is 0. The van der Waals surface area contributed by atoms with Crippen LogP contribution in [0.2, 0.25) is 0 Å².